The van der Waals surface area contributed by atoms with E-state index >= 15 is 0 Å². The van der Waals surface area contributed by atoms with Crippen LogP contribution in [0.3, 0.4) is 0 Å². The second-order valence-corrected chi connectivity index (χ2v) is 7.51. The second kappa shape index (κ2) is 7.93. The topological polar surface area (TPSA) is 59.2 Å². The van der Waals surface area contributed by atoms with Gasteiger partial charge in [-0.1, -0.05) is 35.0 Å². The number of benzene rings is 2. The molecule has 8 heteroatoms. The summed E-state index contributed by atoms with van der Waals surface area (Å²) in [6.45, 7) is 3.14. The van der Waals surface area contributed by atoms with Crippen LogP contribution in [0.4, 0.5) is 13.2 Å². The highest BCUT2D eigenvalue weighted by Gasteiger charge is 2.34. The predicted octanol–water partition coefficient (Wildman–Crippen LogP) is 4.62. The van der Waals surface area contributed by atoms with Crippen molar-refractivity contribution in [2.75, 3.05) is 13.1 Å². The summed E-state index contributed by atoms with van der Waals surface area (Å²) in [6, 6.07) is 12.8. The van der Waals surface area contributed by atoms with Crippen LogP contribution in [0, 0.1) is 6.92 Å². The Kier molecular flexibility index (Phi) is 5.32. The van der Waals surface area contributed by atoms with Crippen LogP contribution >= 0.6 is 0 Å². The molecular formula is C22H20F3N3O2. The van der Waals surface area contributed by atoms with Crippen molar-refractivity contribution in [3.8, 4) is 11.5 Å². The molecule has 2 heterocycles. The molecular weight excluding hydrogens is 395 g/mol. The summed E-state index contributed by atoms with van der Waals surface area (Å²) in [7, 11) is 0. The summed E-state index contributed by atoms with van der Waals surface area (Å²) in [6.07, 6.45) is -3.34. The summed E-state index contributed by atoms with van der Waals surface area (Å²) in [5.41, 5.74) is 2.02. The number of hydrogen-bond donors (Lipinski definition) is 0. The average molecular weight is 415 g/mol. The number of carbonyl (C=O) groups excluding carboxylic acids is 1. The van der Waals surface area contributed by atoms with Gasteiger partial charge in [-0.2, -0.15) is 18.2 Å². The molecule has 3 aromatic rings. The molecule has 1 saturated heterocycles. The highest BCUT2D eigenvalue weighted by Crippen LogP contribution is 2.32. The molecule has 1 atom stereocenters. The lowest BCUT2D eigenvalue weighted by molar-refractivity contribution is -0.137. The number of alkyl halides is 3. The zero-order valence-corrected chi connectivity index (χ0v) is 16.3. The molecule has 0 spiro atoms. The standard InChI is InChI=1S/C22H20F3N3O2/c1-14-2-4-15(5-3-14)10-11-28-13-17(12-19(28)29)20-26-21(30-27-20)16-6-8-18(9-7-16)22(23,24)25/h2-9,17H,10-13H2,1H3. The quantitative estimate of drug-likeness (QED) is 0.610. The van der Waals surface area contributed by atoms with Crippen molar-refractivity contribution in [2.24, 2.45) is 0 Å². The van der Waals surface area contributed by atoms with Gasteiger partial charge in [-0.15, -0.1) is 0 Å². The predicted molar refractivity (Wildman–Crippen MR) is 104 cm³/mol. The van der Waals surface area contributed by atoms with E-state index < -0.39 is 11.7 Å². The van der Waals surface area contributed by atoms with Gasteiger partial charge >= 0.3 is 6.18 Å². The number of hydrogen-bond acceptors (Lipinski definition) is 4. The van der Waals surface area contributed by atoms with Crippen LogP contribution in [-0.2, 0) is 17.4 Å². The van der Waals surface area contributed by atoms with Crippen LogP contribution in [0.1, 0.15) is 34.9 Å². The first-order chi connectivity index (χ1) is 14.3. The fraction of sp³-hybridized carbons (Fsp3) is 0.318. The van der Waals surface area contributed by atoms with E-state index in [2.05, 4.69) is 22.3 Å². The molecule has 0 saturated carbocycles. The summed E-state index contributed by atoms with van der Waals surface area (Å²) in [5, 5.41) is 3.96. The second-order valence-electron chi connectivity index (χ2n) is 7.51. The molecule has 2 aromatic carbocycles. The van der Waals surface area contributed by atoms with Gasteiger partial charge in [-0.25, -0.2) is 0 Å². The highest BCUT2D eigenvalue weighted by molar-refractivity contribution is 5.79. The lowest BCUT2D eigenvalue weighted by Gasteiger charge is -2.16. The summed E-state index contributed by atoms with van der Waals surface area (Å²) < 4.78 is 43.3. The molecule has 156 valence electrons. The van der Waals surface area contributed by atoms with E-state index in [-0.39, 0.29) is 17.7 Å². The molecule has 0 bridgehead atoms. The largest absolute Gasteiger partial charge is 0.416 e. The van der Waals surface area contributed by atoms with Crippen LogP contribution in [0.2, 0.25) is 0 Å². The van der Waals surface area contributed by atoms with Crippen molar-refractivity contribution < 1.29 is 22.5 Å². The maximum Gasteiger partial charge on any atom is 0.416 e. The number of halogens is 3. The molecule has 1 amide bonds. The summed E-state index contributed by atoms with van der Waals surface area (Å²) >= 11 is 0. The van der Waals surface area contributed by atoms with Crippen LogP contribution in [0.15, 0.2) is 53.1 Å². The zero-order chi connectivity index (χ0) is 21.3. The number of amides is 1. The minimum Gasteiger partial charge on any atom is -0.342 e. The van der Waals surface area contributed by atoms with E-state index in [4.69, 9.17) is 4.52 Å². The van der Waals surface area contributed by atoms with Gasteiger partial charge in [0.15, 0.2) is 5.82 Å². The van der Waals surface area contributed by atoms with Gasteiger partial charge in [-0.05, 0) is 43.2 Å². The lowest BCUT2D eigenvalue weighted by Crippen LogP contribution is -2.27. The van der Waals surface area contributed by atoms with Gasteiger partial charge in [0.1, 0.15) is 0 Å². The van der Waals surface area contributed by atoms with Gasteiger partial charge in [0.2, 0.25) is 5.91 Å². The summed E-state index contributed by atoms with van der Waals surface area (Å²) in [4.78, 5) is 18.5. The maximum absolute atomic E-state index is 12.7. The smallest absolute Gasteiger partial charge is 0.342 e. The Labute approximate surface area is 171 Å². The monoisotopic (exact) mass is 415 g/mol. The van der Waals surface area contributed by atoms with Gasteiger partial charge in [-0.3, -0.25) is 4.79 Å². The Morgan fingerprint density at radius 3 is 2.47 bits per heavy atom. The molecule has 1 unspecified atom stereocenters. The van der Waals surface area contributed by atoms with Crippen molar-refractivity contribution in [3.05, 3.63) is 71.0 Å². The molecule has 5 nitrogen and oxygen atoms in total. The number of nitrogens with zero attached hydrogens (tertiary/aromatic N) is 3. The fourth-order valence-corrected chi connectivity index (χ4v) is 3.50. The zero-order valence-electron chi connectivity index (χ0n) is 16.3. The molecule has 0 N–H and O–H groups in total. The number of likely N-dealkylation sites (tertiary alicyclic amines) is 1. The summed E-state index contributed by atoms with van der Waals surface area (Å²) in [5.74, 6) is 0.385. The Morgan fingerprint density at radius 1 is 1.10 bits per heavy atom. The number of carbonyl (C=O) groups is 1. The third-order valence-electron chi connectivity index (χ3n) is 5.27. The molecule has 1 aliphatic heterocycles. The van der Waals surface area contributed by atoms with E-state index in [1.807, 2.05) is 19.1 Å². The Bertz CT molecular complexity index is 1030. The first-order valence-electron chi connectivity index (χ1n) is 9.64. The Morgan fingerprint density at radius 2 is 1.80 bits per heavy atom. The minimum atomic E-state index is -4.40. The number of aryl methyl sites for hydroxylation is 1. The van der Waals surface area contributed by atoms with Gasteiger partial charge in [0, 0.05) is 31.0 Å². The van der Waals surface area contributed by atoms with Crippen molar-refractivity contribution >= 4 is 5.91 Å². The molecule has 30 heavy (non-hydrogen) atoms. The molecule has 0 radical (unpaired) electrons. The maximum atomic E-state index is 12.7. The number of rotatable bonds is 5. The molecule has 1 aromatic heterocycles. The van der Waals surface area contributed by atoms with Gasteiger partial charge in [0.25, 0.3) is 5.89 Å². The van der Waals surface area contributed by atoms with E-state index in [1.54, 1.807) is 4.90 Å². The van der Waals surface area contributed by atoms with E-state index in [1.165, 1.54) is 23.3 Å². The highest BCUT2D eigenvalue weighted by atomic mass is 19.4. The Hall–Kier alpha value is -3.16. The van der Waals surface area contributed by atoms with Crippen LogP contribution in [0.25, 0.3) is 11.5 Å². The van der Waals surface area contributed by atoms with E-state index in [0.29, 0.717) is 30.9 Å². The average Bonchev–Trinajstić information content (AvgIpc) is 3.34. The van der Waals surface area contributed by atoms with Crippen LogP contribution in [-0.4, -0.2) is 34.0 Å². The van der Waals surface area contributed by atoms with Crippen molar-refractivity contribution in [1.29, 1.82) is 0 Å². The SMILES string of the molecule is Cc1ccc(CCN2CC(c3noc(-c4ccc(C(F)(F)F)cc4)n3)CC2=O)cc1. The van der Waals surface area contributed by atoms with Crippen molar-refractivity contribution in [2.45, 2.75) is 31.9 Å². The van der Waals surface area contributed by atoms with Gasteiger partial charge < -0.3 is 9.42 Å². The van der Waals surface area contributed by atoms with Crippen molar-refractivity contribution in [1.82, 2.24) is 15.0 Å². The third kappa shape index (κ3) is 4.37. The Balaban J connectivity index is 1.40. The van der Waals surface area contributed by atoms with Crippen molar-refractivity contribution in [3.63, 3.8) is 0 Å². The molecule has 1 aliphatic rings. The first-order valence-corrected chi connectivity index (χ1v) is 9.64. The molecule has 0 aliphatic carbocycles. The van der Waals surface area contributed by atoms with E-state index in [9.17, 15) is 18.0 Å². The third-order valence-corrected chi connectivity index (χ3v) is 5.27. The molecule has 1 fully saturated rings. The normalized spacial score (nSPS) is 17.0. The van der Waals surface area contributed by atoms with Gasteiger partial charge in [0.05, 0.1) is 5.56 Å². The minimum absolute atomic E-state index is 0.0352. The van der Waals surface area contributed by atoms with Crippen LogP contribution < -0.4 is 0 Å². The van der Waals surface area contributed by atoms with Crippen LogP contribution in [0.5, 0.6) is 0 Å². The lowest BCUT2D eigenvalue weighted by atomic mass is 10.1. The first kappa shape index (κ1) is 20.1. The fourth-order valence-electron chi connectivity index (χ4n) is 3.50. The van der Waals surface area contributed by atoms with E-state index in [0.717, 1.165) is 18.6 Å². The molecule has 4 rings (SSSR count). The number of aromatic nitrogens is 2.